The first kappa shape index (κ1) is 37.5. The van der Waals surface area contributed by atoms with Crippen LogP contribution >= 0.6 is 0 Å². The van der Waals surface area contributed by atoms with E-state index >= 15 is 0 Å². The number of methoxy groups -OCH3 is 1. The van der Waals surface area contributed by atoms with E-state index in [4.69, 9.17) is 23.4 Å². The van der Waals surface area contributed by atoms with E-state index in [0.717, 1.165) is 57.1 Å². The third-order valence-corrected chi connectivity index (χ3v) is 15.8. The van der Waals surface area contributed by atoms with Crippen molar-refractivity contribution in [3.8, 4) is 0 Å². The molecule has 0 aromatic carbocycles. The van der Waals surface area contributed by atoms with Crippen LogP contribution in [0.15, 0.2) is 24.3 Å². The SMILES string of the molecule is C=C1C[C@H](CCCC)OC1CC[C@H]1C[C@@H](C)C(=C)C(C[C@@H]2O[C@H](C[C@H](C)CO[Si](C)(C)C(C)(C)C)[C@H](C)C2CC(=O)OC)O1. The molecule has 6 nitrogen and oxygen atoms in total. The van der Waals surface area contributed by atoms with Gasteiger partial charge in [-0.25, -0.2) is 0 Å². The van der Waals surface area contributed by atoms with E-state index in [1.807, 2.05) is 0 Å². The minimum absolute atomic E-state index is 0.0731. The molecule has 3 fully saturated rings. The van der Waals surface area contributed by atoms with Gasteiger partial charge in [0.1, 0.15) is 0 Å². The highest BCUT2D eigenvalue weighted by Crippen LogP contribution is 2.43. The van der Waals surface area contributed by atoms with Gasteiger partial charge in [-0.2, -0.15) is 0 Å². The molecule has 3 heterocycles. The van der Waals surface area contributed by atoms with Crippen molar-refractivity contribution in [2.75, 3.05) is 13.7 Å². The molecule has 7 heteroatoms. The van der Waals surface area contributed by atoms with Crippen molar-refractivity contribution in [2.24, 2.45) is 23.7 Å². The van der Waals surface area contributed by atoms with Gasteiger partial charge in [0.25, 0.3) is 0 Å². The standard InChI is InChI=1S/C37H66O6Si/c1-13-14-15-29-20-26(4)32(41-29)17-16-30-19-25(3)27(5)34(42-30)22-35-31(21-36(38)39-10)28(6)33(43-35)18-24(2)23-40-44(11,12)37(7,8)9/h24-25,28-35H,4-5,13-23H2,1-3,6-12H3/t24-,25+,28+,29-,30-,31?,32?,33+,34?,35-/m0/s1. The minimum Gasteiger partial charge on any atom is -0.469 e. The van der Waals surface area contributed by atoms with Gasteiger partial charge in [0.2, 0.25) is 0 Å². The maximum atomic E-state index is 12.5. The molecule has 3 saturated heterocycles. The number of carbonyl (C=O) groups excluding carboxylic acids is 1. The van der Waals surface area contributed by atoms with Gasteiger partial charge in [-0.1, -0.05) is 74.5 Å². The van der Waals surface area contributed by atoms with Crippen LogP contribution in [0, 0.1) is 23.7 Å². The summed E-state index contributed by atoms with van der Waals surface area (Å²) in [6.45, 7) is 30.0. The molecule has 3 aliphatic rings. The normalized spacial score (nSPS) is 34.0. The third-order valence-electron chi connectivity index (χ3n) is 11.3. The van der Waals surface area contributed by atoms with E-state index in [-0.39, 0.29) is 53.4 Å². The number of carbonyl (C=O) groups is 1. The molecule has 3 rings (SSSR count). The Morgan fingerprint density at radius 2 is 1.70 bits per heavy atom. The van der Waals surface area contributed by atoms with Crippen molar-refractivity contribution in [3.05, 3.63) is 24.3 Å². The third kappa shape index (κ3) is 10.0. The summed E-state index contributed by atoms with van der Waals surface area (Å²) in [5, 5.41) is 0.188. The fourth-order valence-electron chi connectivity index (χ4n) is 7.04. The lowest BCUT2D eigenvalue weighted by Gasteiger charge is -2.38. The van der Waals surface area contributed by atoms with Gasteiger partial charge >= 0.3 is 5.97 Å². The van der Waals surface area contributed by atoms with E-state index in [2.05, 4.69) is 74.7 Å². The summed E-state index contributed by atoms with van der Waals surface area (Å²) in [6.07, 6.45) is 9.98. The molecular weight excluding hydrogens is 568 g/mol. The lowest BCUT2D eigenvalue weighted by Crippen LogP contribution is -2.42. The van der Waals surface area contributed by atoms with Crippen LogP contribution < -0.4 is 0 Å². The van der Waals surface area contributed by atoms with Gasteiger partial charge in [0.05, 0.1) is 50.2 Å². The largest absolute Gasteiger partial charge is 0.469 e. The molecule has 3 aliphatic heterocycles. The molecule has 0 aromatic heterocycles. The Hall–Kier alpha value is -0.993. The average molecular weight is 635 g/mol. The number of ether oxygens (including phenoxy) is 4. The second-order valence-electron chi connectivity index (χ2n) is 16.0. The van der Waals surface area contributed by atoms with Crippen LogP contribution in [0.1, 0.15) is 113 Å². The quantitative estimate of drug-likeness (QED) is 0.102. The molecule has 0 radical (unpaired) electrons. The highest BCUT2D eigenvalue weighted by molar-refractivity contribution is 6.74. The average Bonchev–Trinajstić information content (AvgIpc) is 3.44. The van der Waals surface area contributed by atoms with Crippen LogP contribution in [-0.2, 0) is 28.2 Å². The first-order valence-electron chi connectivity index (χ1n) is 17.6. The zero-order chi connectivity index (χ0) is 32.8. The highest BCUT2D eigenvalue weighted by atomic mass is 28.4. The maximum Gasteiger partial charge on any atom is 0.305 e. The summed E-state index contributed by atoms with van der Waals surface area (Å²) in [5.41, 5.74) is 2.39. The second kappa shape index (κ2) is 16.2. The van der Waals surface area contributed by atoms with Crippen molar-refractivity contribution in [1.82, 2.24) is 0 Å². The van der Waals surface area contributed by atoms with Crippen LogP contribution in [0.25, 0.3) is 0 Å². The lowest BCUT2D eigenvalue weighted by molar-refractivity contribution is -0.142. The lowest BCUT2D eigenvalue weighted by atomic mass is 9.79. The highest BCUT2D eigenvalue weighted by Gasteiger charge is 2.46. The van der Waals surface area contributed by atoms with Crippen LogP contribution in [-0.4, -0.2) is 64.6 Å². The Kier molecular flexibility index (Phi) is 13.8. The van der Waals surface area contributed by atoms with E-state index in [1.165, 1.54) is 25.5 Å². The first-order valence-corrected chi connectivity index (χ1v) is 20.5. The predicted octanol–water partition coefficient (Wildman–Crippen LogP) is 9.04. The molecule has 44 heavy (non-hydrogen) atoms. The molecule has 3 unspecified atom stereocenters. The fraction of sp³-hybridized carbons (Fsp3) is 0.865. The monoisotopic (exact) mass is 634 g/mol. The van der Waals surface area contributed by atoms with Crippen LogP contribution in [0.2, 0.25) is 18.1 Å². The van der Waals surface area contributed by atoms with E-state index in [1.54, 1.807) is 0 Å². The molecular formula is C37H66O6Si. The molecule has 0 amide bonds. The molecule has 0 spiro atoms. The molecule has 10 atom stereocenters. The number of unbranched alkanes of at least 4 members (excludes halogenated alkanes) is 1. The Balaban J connectivity index is 1.62. The van der Waals surface area contributed by atoms with Gasteiger partial charge < -0.3 is 23.4 Å². The van der Waals surface area contributed by atoms with E-state index in [0.29, 0.717) is 24.4 Å². The summed E-state index contributed by atoms with van der Waals surface area (Å²) in [4.78, 5) is 12.5. The van der Waals surface area contributed by atoms with Gasteiger partial charge in [-0.05, 0) is 85.6 Å². The predicted molar refractivity (Wildman–Crippen MR) is 182 cm³/mol. The van der Waals surface area contributed by atoms with Gasteiger partial charge in [-0.3, -0.25) is 4.79 Å². The Morgan fingerprint density at radius 1 is 1.02 bits per heavy atom. The van der Waals surface area contributed by atoms with Crippen molar-refractivity contribution in [2.45, 2.75) is 167 Å². The van der Waals surface area contributed by atoms with E-state index in [9.17, 15) is 4.79 Å². The summed E-state index contributed by atoms with van der Waals surface area (Å²) >= 11 is 0. The zero-order valence-corrected chi connectivity index (χ0v) is 30.9. The van der Waals surface area contributed by atoms with Gasteiger partial charge in [0, 0.05) is 18.9 Å². The van der Waals surface area contributed by atoms with Crippen molar-refractivity contribution in [3.63, 3.8) is 0 Å². The molecule has 254 valence electrons. The fourth-order valence-corrected chi connectivity index (χ4v) is 8.18. The van der Waals surface area contributed by atoms with Crippen LogP contribution in [0.3, 0.4) is 0 Å². The topological polar surface area (TPSA) is 63.2 Å². The number of hydrogen-bond donors (Lipinski definition) is 0. The number of hydrogen-bond acceptors (Lipinski definition) is 6. The summed E-state index contributed by atoms with van der Waals surface area (Å²) < 4.78 is 31.6. The van der Waals surface area contributed by atoms with Gasteiger partial charge in [-0.15, -0.1) is 0 Å². The molecule has 0 saturated carbocycles. The Labute approximate surface area is 271 Å². The summed E-state index contributed by atoms with van der Waals surface area (Å²) in [7, 11) is -0.339. The molecule has 0 N–H and O–H groups in total. The number of esters is 1. The first-order chi connectivity index (χ1) is 20.6. The van der Waals surface area contributed by atoms with Crippen molar-refractivity contribution >= 4 is 14.3 Å². The van der Waals surface area contributed by atoms with E-state index < -0.39 is 8.32 Å². The van der Waals surface area contributed by atoms with Crippen LogP contribution in [0.4, 0.5) is 0 Å². The minimum atomic E-state index is -1.81. The maximum absolute atomic E-state index is 12.5. The zero-order valence-electron chi connectivity index (χ0n) is 29.9. The number of rotatable bonds is 15. The van der Waals surface area contributed by atoms with Crippen LogP contribution in [0.5, 0.6) is 0 Å². The second-order valence-corrected chi connectivity index (χ2v) is 20.8. The van der Waals surface area contributed by atoms with Crippen molar-refractivity contribution < 1.29 is 28.2 Å². The van der Waals surface area contributed by atoms with Crippen molar-refractivity contribution in [1.29, 1.82) is 0 Å². The molecule has 0 bridgehead atoms. The molecule has 0 aromatic rings. The Morgan fingerprint density at radius 3 is 2.34 bits per heavy atom. The van der Waals surface area contributed by atoms with Gasteiger partial charge in [0.15, 0.2) is 8.32 Å². The smallest absolute Gasteiger partial charge is 0.305 e. The summed E-state index contributed by atoms with van der Waals surface area (Å²) in [5.74, 6) is 0.904. The molecule has 0 aliphatic carbocycles. The Bertz CT molecular complexity index is 956. The summed E-state index contributed by atoms with van der Waals surface area (Å²) in [6, 6.07) is 0.